The highest BCUT2D eigenvalue weighted by atomic mass is 79.9. The smallest absolute Gasteiger partial charge is 0.255 e. The number of carbonyl (C=O) groups is 2. The Hall–Kier alpha value is -1.56. The highest BCUT2D eigenvalue weighted by molar-refractivity contribution is 9.10. The van der Waals surface area contributed by atoms with Crippen molar-refractivity contribution < 1.29 is 9.59 Å². The fourth-order valence-corrected chi connectivity index (χ4v) is 2.45. The number of hydrogen-bond donors (Lipinski definition) is 2. The Bertz CT molecular complexity index is 504. The number of hydrogen-bond acceptors (Lipinski definition) is 3. The molecule has 2 rings (SSSR count). The molecule has 1 aliphatic rings. The van der Waals surface area contributed by atoms with E-state index in [9.17, 15) is 9.59 Å². The first-order chi connectivity index (χ1) is 8.49. The molecule has 1 saturated heterocycles. The van der Waals surface area contributed by atoms with Gasteiger partial charge in [0, 0.05) is 23.2 Å². The van der Waals surface area contributed by atoms with Crippen molar-refractivity contribution >= 4 is 33.4 Å². The number of halogens is 1. The van der Waals surface area contributed by atoms with Crippen LogP contribution >= 0.6 is 15.9 Å². The molecule has 1 atom stereocenters. The Morgan fingerprint density at radius 2 is 2.11 bits per heavy atom. The minimum Gasteiger partial charge on any atom is -0.398 e. The summed E-state index contributed by atoms with van der Waals surface area (Å²) >= 11 is 3.29. The Morgan fingerprint density at radius 1 is 1.39 bits per heavy atom. The Labute approximate surface area is 113 Å². The van der Waals surface area contributed by atoms with Crippen molar-refractivity contribution in [3.8, 4) is 0 Å². The van der Waals surface area contributed by atoms with E-state index in [2.05, 4.69) is 15.9 Å². The van der Waals surface area contributed by atoms with Crippen LogP contribution in [-0.4, -0.2) is 29.8 Å². The van der Waals surface area contributed by atoms with Crippen LogP contribution in [0.1, 0.15) is 16.8 Å². The van der Waals surface area contributed by atoms with Gasteiger partial charge >= 0.3 is 0 Å². The van der Waals surface area contributed by atoms with Crippen molar-refractivity contribution in [2.75, 3.05) is 18.8 Å². The highest BCUT2D eigenvalue weighted by Gasteiger charge is 2.30. The molecule has 1 unspecified atom stereocenters. The molecule has 1 aromatic rings. The van der Waals surface area contributed by atoms with Crippen molar-refractivity contribution in [2.45, 2.75) is 6.42 Å². The number of rotatable bonds is 2. The zero-order chi connectivity index (χ0) is 13.3. The maximum Gasteiger partial charge on any atom is 0.255 e. The molecule has 0 aliphatic carbocycles. The van der Waals surface area contributed by atoms with Gasteiger partial charge < -0.3 is 16.4 Å². The molecule has 1 aromatic carbocycles. The van der Waals surface area contributed by atoms with E-state index in [-0.39, 0.29) is 17.7 Å². The molecular weight excluding hydrogens is 298 g/mol. The Balaban J connectivity index is 2.15. The number of carbonyl (C=O) groups excluding carboxylic acids is 2. The fraction of sp³-hybridized carbons (Fsp3) is 0.333. The van der Waals surface area contributed by atoms with Crippen molar-refractivity contribution in [2.24, 2.45) is 11.7 Å². The zero-order valence-electron chi connectivity index (χ0n) is 9.73. The molecular formula is C12H14BrN3O2. The minimum absolute atomic E-state index is 0.149. The third kappa shape index (κ3) is 2.48. The number of primary amides is 1. The van der Waals surface area contributed by atoms with Crippen LogP contribution in [-0.2, 0) is 4.79 Å². The maximum atomic E-state index is 12.2. The number of likely N-dealkylation sites (tertiary alicyclic amines) is 1. The second-order valence-corrected chi connectivity index (χ2v) is 5.29. The molecule has 1 aliphatic heterocycles. The molecule has 0 radical (unpaired) electrons. The largest absolute Gasteiger partial charge is 0.398 e. The molecule has 0 saturated carbocycles. The SMILES string of the molecule is NC(=O)C1CCN(C(=O)c2ccc(Br)cc2N)C1. The first-order valence-corrected chi connectivity index (χ1v) is 6.42. The van der Waals surface area contributed by atoms with Crippen LogP contribution in [0.2, 0.25) is 0 Å². The molecule has 1 heterocycles. The van der Waals surface area contributed by atoms with Gasteiger partial charge in [-0.25, -0.2) is 0 Å². The standard InChI is InChI=1S/C12H14BrN3O2/c13-8-1-2-9(10(14)5-8)12(18)16-4-3-7(6-16)11(15)17/h1-2,5,7H,3-4,6,14H2,(H2,15,17). The average molecular weight is 312 g/mol. The van der Waals surface area contributed by atoms with Crippen molar-refractivity contribution in [1.82, 2.24) is 4.90 Å². The summed E-state index contributed by atoms with van der Waals surface area (Å²) in [6, 6.07) is 5.14. The topological polar surface area (TPSA) is 89.4 Å². The minimum atomic E-state index is -0.353. The highest BCUT2D eigenvalue weighted by Crippen LogP contribution is 2.23. The zero-order valence-corrected chi connectivity index (χ0v) is 11.3. The van der Waals surface area contributed by atoms with Crippen LogP contribution in [0.5, 0.6) is 0 Å². The van der Waals surface area contributed by atoms with Gasteiger partial charge in [-0.05, 0) is 24.6 Å². The molecule has 5 nitrogen and oxygen atoms in total. The van der Waals surface area contributed by atoms with Gasteiger partial charge in [0.1, 0.15) is 0 Å². The van der Waals surface area contributed by atoms with Crippen LogP contribution in [0.3, 0.4) is 0 Å². The van der Waals surface area contributed by atoms with E-state index in [1.54, 1.807) is 23.1 Å². The first kappa shape index (κ1) is 12.9. The number of benzene rings is 1. The summed E-state index contributed by atoms with van der Waals surface area (Å²) in [7, 11) is 0. The lowest BCUT2D eigenvalue weighted by atomic mass is 10.1. The van der Waals surface area contributed by atoms with E-state index in [0.29, 0.717) is 30.8 Å². The average Bonchev–Trinajstić information content (AvgIpc) is 2.77. The normalized spacial score (nSPS) is 18.9. The van der Waals surface area contributed by atoms with Crippen LogP contribution in [0.25, 0.3) is 0 Å². The number of anilines is 1. The monoisotopic (exact) mass is 311 g/mol. The summed E-state index contributed by atoms with van der Waals surface area (Å²) in [5.41, 5.74) is 11.9. The molecule has 1 fully saturated rings. The molecule has 0 aromatic heterocycles. The summed E-state index contributed by atoms with van der Waals surface area (Å²) in [5.74, 6) is -0.747. The lowest BCUT2D eigenvalue weighted by Crippen LogP contribution is -2.32. The maximum absolute atomic E-state index is 12.2. The molecule has 6 heteroatoms. The number of amides is 2. The van der Waals surface area contributed by atoms with Gasteiger partial charge in [-0.1, -0.05) is 15.9 Å². The second kappa shape index (κ2) is 4.97. The summed E-state index contributed by atoms with van der Waals surface area (Å²) in [5, 5.41) is 0. The van der Waals surface area contributed by atoms with Crippen LogP contribution in [0.15, 0.2) is 22.7 Å². The summed E-state index contributed by atoms with van der Waals surface area (Å²) in [6.07, 6.45) is 0.623. The van der Waals surface area contributed by atoms with Gasteiger partial charge in [0.05, 0.1) is 11.5 Å². The van der Waals surface area contributed by atoms with Gasteiger partial charge in [-0.2, -0.15) is 0 Å². The number of nitrogen functional groups attached to an aromatic ring is 1. The van der Waals surface area contributed by atoms with Crippen molar-refractivity contribution in [3.05, 3.63) is 28.2 Å². The van der Waals surface area contributed by atoms with Gasteiger partial charge in [0.15, 0.2) is 0 Å². The quantitative estimate of drug-likeness (QED) is 0.798. The van der Waals surface area contributed by atoms with Crippen LogP contribution in [0.4, 0.5) is 5.69 Å². The molecule has 2 amide bonds. The number of nitrogens with zero attached hydrogens (tertiary/aromatic N) is 1. The lowest BCUT2D eigenvalue weighted by Gasteiger charge is -2.17. The summed E-state index contributed by atoms with van der Waals surface area (Å²) in [6.45, 7) is 0.922. The van der Waals surface area contributed by atoms with E-state index in [1.807, 2.05) is 0 Å². The molecule has 18 heavy (non-hydrogen) atoms. The molecule has 0 spiro atoms. The van der Waals surface area contributed by atoms with Crippen molar-refractivity contribution in [1.29, 1.82) is 0 Å². The van der Waals surface area contributed by atoms with Gasteiger partial charge in [0.25, 0.3) is 5.91 Å². The predicted octanol–water partition coefficient (Wildman–Crippen LogP) is 0.979. The van der Waals surface area contributed by atoms with E-state index in [4.69, 9.17) is 11.5 Å². The Morgan fingerprint density at radius 3 is 2.67 bits per heavy atom. The Kier molecular flexibility index (Phi) is 3.56. The summed E-state index contributed by atoms with van der Waals surface area (Å²) < 4.78 is 0.827. The third-order valence-corrected chi connectivity index (χ3v) is 3.62. The first-order valence-electron chi connectivity index (χ1n) is 5.62. The van der Waals surface area contributed by atoms with Crippen LogP contribution < -0.4 is 11.5 Å². The number of nitrogens with two attached hydrogens (primary N) is 2. The second-order valence-electron chi connectivity index (χ2n) is 4.37. The summed E-state index contributed by atoms with van der Waals surface area (Å²) in [4.78, 5) is 24.9. The van der Waals surface area contributed by atoms with Crippen LogP contribution in [0, 0.1) is 5.92 Å². The molecule has 96 valence electrons. The van der Waals surface area contributed by atoms with Crippen molar-refractivity contribution in [3.63, 3.8) is 0 Å². The van der Waals surface area contributed by atoms with Gasteiger partial charge in [-0.15, -0.1) is 0 Å². The fourth-order valence-electron chi connectivity index (χ4n) is 2.08. The van der Waals surface area contributed by atoms with E-state index < -0.39 is 0 Å². The lowest BCUT2D eigenvalue weighted by molar-refractivity contribution is -0.121. The van der Waals surface area contributed by atoms with Gasteiger partial charge in [-0.3, -0.25) is 9.59 Å². The third-order valence-electron chi connectivity index (χ3n) is 3.12. The molecule has 4 N–H and O–H groups in total. The predicted molar refractivity (Wildman–Crippen MR) is 71.8 cm³/mol. The van der Waals surface area contributed by atoms with E-state index >= 15 is 0 Å². The molecule has 0 bridgehead atoms. The van der Waals surface area contributed by atoms with Gasteiger partial charge in [0.2, 0.25) is 5.91 Å². The van der Waals surface area contributed by atoms with E-state index in [0.717, 1.165) is 4.47 Å². The van der Waals surface area contributed by atoms with E-state index in [1.165, 1.54) is 0 Å².